The highest BCUT2D eigenvalue weighted by molar-refractivity contribution is 5.76. The summed E-state index contributed by atoms with van der Waals surface area (Å²) in [6.45, 7) is 19.5. The first-order chi connectivity index (χ1) is 18.7. The van der Waals surface area contributed by atoms with E-state index in [1.165, 1.54) is 25.7 Å². The molecule has 0 aromatic heterocycles. The van der Waals surface area contributed by atoms with Crippen LogP contribution in [0.4, 0.5) is 0 Å². The summed E-state index contributed by atoms with van der Waals surface area (Å²) < 4.78 is 6.23. The minimum atomic E-state index is -0.505. The Morgan fingerprint density at radius 2 is 1.55 bits per heavy atom. The fourth-order valence-corrected chi connectivity index (χ4v) is 12.7. The Morgan fingerprint density at radius 1 is 0.825 bits per heavy atom. The summed E-state index contributed by atoms with van der Waals surface area (Å²) in [7, 11) is 0. The summed E-state index contributed by atoms with van der Waals surface area (Å²) in [4.78, 5) is 25.7. The van der Waals surface area contributed by atoms with Crippen molar-refractivity contribution in [2.45, 2.75) is 151 Å². The number of unbranched alkanes of at least 4 members (excludes halogenated alkanes) is 2. The zero-order valence-electron chi connectivity index (χ0n) is 27.1. The van der Waals surface area contributed by atoms with E-state index < -0.39 is 11.4 Å². The van der Waals surface area contributed by atoms with E-state index in [-0.39, 0.29) is 33.7 Å². The smallest absolute Gasteiger partial charge is 0.309 e. The SMILES string of the molecule is CCCCCC(=O)O[C@@H]1CC[C@]2(C)[C@H]3CCC4C5[C@H](C(C)C)CC[C@]5(C(=O)O)CC[C@@]4(C)[C@]3(C)CC[C@H]2C1(C)C. The van der Waals surface area contributed by atoms with Gasteiger partial charge < -0.3 is 9.84 Å². The summed E-state index contributed by atoms with van der Waals surface area (Å²) in [5, 5.41) is 10.6. The van der Waals surface area contributed by atoms with Gasteiger partial charge in [0.2, 0.25) is 0 Å². The van der Waals surface area contributed by atoms with Crippen LogP contribution in [0.1, 0.15) is 145 Å². The average Bonchev–Trinajstić information content (AvgIpc) is 3.28. The molecule has 0 radical (unpaired) electrons. The van der Waals surface area contributed by atoms with Crippen LogP contribution in [0.15, 0.2) is 0 Å². The van der Waals surface area contributed by atoms with Gasteiger partial charge in [-0.3, -0.25) is 9.59 Å². The predicted molar refractivity (Wildman–Crippen MR) is 161 cm³/mol. The fraction of sp³-hybridized carbons (Fsp3) is 0.944. The third kappa shape index (κ3) is 4.17. The van der Waals surface area contributed by atoms with Gasteiger partial charge in [0, 0.05) is 11.8 Å². The molecule has 10 atom stereocenters. The summed E-state index contributed by atoms with van der Waals surface area (Å²) >= 11 is 0. The Kier molecular flexibility index (Phi) is 7.82. The molecule has 0 spiro atoms. The molecule has 228 valence electrons. The maximum absolute atomic E-state index is 12.9. The molecule has 4 heteroatoms. The molecule has 0 aromatic carbocycles. The molecule has 4 nitrogen and oxygen atoms in total. The molecule has 1 N–H and O–H groups in total. The van der Waals surface area contributed by atoms with Crippen molar-refractivity contribution in [1.29, 1.82) is 0 Å². The second-order valence-corrected chi connectivity index (χ2v) is 16.9. The standard InChI is InChI=1S/C36H60O4/c1-9-10-11-12-29(37)40-28-17-18-33(6)26(32(28,4)5)16-19-35(8)27(33)14-13-25-30-24(23(2)3)15-20-36(30,31(38)39)22-21-34(25,35)7/h23-28,30H,9-22H2,1-8H3,(H,38,39)/t24-,25?,26-,27+,28+,30?,33-,34+,35+,36-/m0/s1. The molecule has 0 aliphatic heterocycles. The lowest BCUT2D eigenvalue weighted by molar-refractivity contribution is -0.251. The number of esters is 1. The molecule has 0 aromatic rings. The lowest BCUT2D eigenvalue weighted by Gasteiger charge is -2.72. The number of carboxylic acids is 1. The number of carboxylic acid groups (broad SMARTS) is 1. The molecule has 5 rings (SSSR count). The van der Waals surface area contributed by atoms with Crippen molar-refractivity contribution in [3.05, 3.63) is 0 Å². The lowest BCUT2D eigenvalue weighted by Crippen LogP contribution is -2.67. The van der Waals surface area contributed by atoms with Gasteiger partial charge in [0.05, 0.1) is 5.41 Å². The zero-order valence-corrected chi connectivity index (χ0v) is 27.1. The maximum atomic E-state index is 12.9. The zero-order chi connectivity index (χ0) is 29.3. The maximum Gasteiger partial charge on any atom is 0.309 e. The number of rotatable bonds is 7. The highest BCUT2D eigenvalue weighted by Gasteiger charge is 2.72. The Morgan fingerprint density at radius 3 is 2.20 bits per heavy atom. The number of aliphatic carboxylic acids is 1. The van der Waals surface area contributed by atoms with Crippen LogP contribution in [0.2, 0.25) is 0 Å². The molecule has 0 saturated heterocycles. The Balaban J connectivity index is 1.42. The minimum absolute atomic E-state index is 0.00387. The normalized spacial score (nSPS) is 47.5. The Labute approximate surface area is 245 Å². The number of ether oxygens (including phenoxy) is 1. The molecular formula is C36H60O4. The molecule has 0 heterocycles. The van der Waals surface area contributed by atoms with Gasteiger partial charge in [-0.25, -0.2) is 0 Å². The van der Waals surface area contributed by atoms with Crippen molar-refractivity contribution in [2.75, 3.05) is 0 Å². The van der Waals surface area contributed by atoms with E-state index in [1.807, 2.05) is 0 Å². The summed E-state index contributed by atoms with van der Waals surface area (Å²) in [6.07, 6.45) is 14.6. The molecule has 0 bridgehead atoms. The van der Waals surface area contributed by atoms with Crippen LogP contribution in [0.3, 0.4) is 0 Å². The molecular weight excluding hydrogens is 496 g/mol. The molecule has 0 amide bonds. The molecule has 5 aliphatic carbocycles. The fourth-order valence-electron chi connectivity index (χ4n) is 12.7. The van der Waals surface area contributed by atoms with E-state index in [0.717, 1.165) is 57.8 Å². The van der Waals surface area contributed by atoms with E-state index >= 15 is 0 Å². The quantitative estimate of drug-likeness (QED) is 0.251. The number of hydrogen-bond acceptors (Lipinski definition) is 3. The number of fused-ring (bicyclic) bond motifs is 7. The molecule has 40 heavy (non-hydrogen) atoms. The van der Waals surface area contributed by atoms with Crippen molar-refractivity contribution >= 4 is 11.9 Å². The first-order valence-electron chi connectivity index (χ1n) is 17.1. The van der Waals surface area contributed by atoms with Crippen molar-refractivity contribution in [3.8, 4) is 0 Å². The number of carbonyl (C=O) groups excluding carboxylic acids is 1. The molecule has 2 unspecified atom stereocenters. The van der Waals surface area contributed by atoms with E-state index in [9.17, 15) is 14.7 Å². The van der Waals surface area contributed by atoms with Crippen LogP contribution in [0, 0.1) is 62.6 Å². The van der Waals surface area contributed by atoms with Crippen molar-refractivity contribution < 1.29 is 19.4 Å². The largest absolute Gasteiger partial charge is 0.481 e. The van der Waals surface area contributed by atoms with E-state index in [0.29, 0.717) is 41.9 Å². The molecule has 5 aliphatic rings. The summed E-state index contributed by atoms with van der Waals surface area (Å²) in [5.74, 6) is 2.63. The first kappa shape index (κ1) is 30.4. The molecule has 5 saturated carbocycles. The van der Waals surface area contributed by atoms with Crippen LogP contribution < -0.4 is 0 Å². The Hall–Kier alpha value is -1.06. The van der Waals surface area contributed by atoms with Gasteiger partial charge in [-0.2, -0.15) is 0 Å². The first-order valence-corrected chi connectivity index (χ1v) is 17.1. The van der Waals surface area contributed by atoms with Gasteiger partial charge in [-0.1, -0.05) is 68.2 Å². The van der Waals surface area contributed by atoms with E-state index in [1.54, 1.807) is 0 Å². The Bertz CT molecular complexity index is 985. The highest BCUT2D eigenvalue weighted by Crippen LogP contribution is 2.77. The van der Waals surface area contributed by atoms with Crippen LogP contribution in [0.25, 0.3) is 0 Å². The van der Waals surface area contributed by atoms with Crippen molar-refractivity contribution in [3.63, 3.8) is 0 Å². The van der Waals surface area contributed by atoms with Crippen molar-refractivity contribution in [1.82, 2.24) is 0 Å². The topological polar surface area (TPSA) is 63.6 Å². The van der Waals surface area contributed by atoms with E-state index in [2.05, 4.69) is 55.4 Å². The third-order valence-corrected chi connectivity index (χ3v) is 15.0. The van der Waals surface area contributed by atoms with Crippen LogP contribution in [0.5, 0.6) is 0 Å². The predicted octanol–water partition coefficient (Wildman–Crippen LogP) is 9.30. The summed E-state index contributed by atoms with van der Waals surface area (Å²) in [6, 6.07) is 0. The van der Waals surface area contributed by atoms with Gasteiger partial charge in [0.15, 0.2) is 0 Å². The third-order valence-electron chi connectivity index (χ3n) is 15.0. The number of hydrogen-bond donors (Lipinski definition) is 1. The van der Waals surface area contributed by atoms with Crippen LogP contribution >= 0.6 is 0 Å². The van der Waals surface area contributed by atoms with Gasteiger partial charge in [0.25, 0.3) is 0 Å². The van der Waals surface area contributed by atoms with Gasteiger partial charge in [-0.05, 0) is 122 Å². The van der Waals surface area contributed by atoms with Crippen LogP contribution in [-0.4, -0.2) is 23.1 Å². The lowest BCUT2D eigenvalue weighted by atomic mass is 9.32. The second kappa shape index (κ2) is 10.3. The van der Waals surface area contributed by atoms with Gasteiger partial charge >= 0.3 is 11.9 Å². The highest BCUT2D eigenvalue weighted by atomic mass is 16.5. The second-order valence-electron chi connectivity index (χ2n) is 16.9. The monoisotopic (exact) mass is 556 g/mol. The van der Waals surface area contributed by atoms with Gasteiger partial charge in [0.1, 0.15) is 6.10 Å². The van der Waals surface area contributed by atoms with Crippen molar-refractivity contribution in [2.24, 2.45) is 62.6 Å². The summed E-state index contributed by atoms with van der Waals surface area (Å²) in [5.41, 5.74) is 0.146. The van der Waals surface area contributed by atoms with Crippen LogP contribution in [-0.2, 0) is 14.3 Å². The average molecular weight is 557 g/mol. The van der Waals surface area contributed by atoms with E-state index in [4.69, 9.17) is 4.74 Å². The number of carbonyl (C=O) groups is 2. The van der Waals surface area contributed by atoms with Gasteiger partial charge in [-0.15, -0.1) is 0 Å². The minimum Gasteiger partial charge on any atom is -0.481 e. The molecule has 5 fully saturated rings.